The molecule has 0 aliphatic rings. The number of ketones is 2. The molecule has 0 aromatic rings. The number of urea groups is 1. The average Bonchev–Trinajstić information content (AvgIpc) is 0.914. The molecule has 0 radical (unpaired) electrons. The summed E-state index contributed by atoms with van der Waals surface area (Å²) < 4.78 is 70.5. The Hall–Kier alpha value is -3.37. The number of carbonyl (C=O) groups is 7. The summed E-state index contributed by atoms with van der Waals surface area (Å²) in [6.45, 7) is 10.0. The summed E-state index contributed by atoms with van der Waals surface area (Å²) >= 11 is 0. The molecular formula is C83H158N4O19P2-2. The number of ether oxygens (including phenoxy) is 4. The highest BCUT2D eigenvalue weighted by atomic mass is 31.2. The highest BCUT2D eigenvalue weighted by molar-refractivity contribution is 7.46. The van der Waals surface area contributed by atoms with Gasteiger partial charge in [-0.3, -0.25) is 37.9 Å². The second-order valence-electron chi connectivity index (χ2n) is 30.0. The molecule has 0 bridgehead atoms. The molecule has 0 aliphatic carbocycles. The van der Waals surface area contributed by atoms with Gasteiger partial charge in [-0.2, -0.15) is 0 Å². The van der Waals surface area contributed by atoms with Crippen LogP contribution in [0.1, 0.15) is 401 Å². The Morgan fingerprint density at radius 1 is 0.306 bits per heavy atom. The first-order chi connectivity index (χ1) is 52.3. The van der Waals surface area contributed by atoms with Crippen LogP contribution in [0.4, 0.5) is 4.79 Å². The van der Waals surface area contributed by atoms with Gasteiger partial charge < -0.3 is 68.1 Å². The maximum absolute atomic E-state index is 13.3. The van der Waals surface area contributed by atoms with Gasteiger partial charge in [-0.15, -0.1) is 0 Å². The smallest absolute Gasteiger partial charge is 0.314 e. The summed E-state index contributed by atoms with van der Waals surface area (Å²) in [6.07, 6.45) is 51.9. The van der Waals surface area contributed by atoms with Crippen molar-refractivity contribution in [1.29, 1.82) is 0 Å². The van der Waals surface area contributed by atoms with E-state index >= 15 is 0 Å². The zero-order valence-electron chi connectivity index (χ0n) is 69.1. The Bertz CT molecular complexity index is 2120. The molecule has 6 atom stereocenters. The number of hydrogen-bond donors (Lipinski definition) is 4. The summed E-state index contributed by atoms with van der Waals surface area (Å²) in [5.74, 6) is -2.19. The van der Waals surface area contributed by atoms with E-state index in [1.165, 1.54) is 116 Å². The molecule has 0 aromatic carbocycles. The molecule has 0 saturated carbocycles. The van der Waals surface area contributed by atoms with Gasteiger partial charge >= 0.3 is 18.0 Å². The number of phosphoric ester groups is 2. The van der Waals surface area contributed by atoms with E-state index in [-0.39, 0.29) is 88.1 Å². The highest BCUT2D eigenvalue weighted by Gasteiger charge is 2.24. The van der Waals surface area contributed by atoms with E-state index in [1.807, 2.05) is 0 Å². The number of phosphoric acid groups is 2. The quantitative estimate of drug-likeness (QED) is 0.0190. The number of carbonyl (C=O) groups excluding carboxylic acids is 7. The van der Waals surface area contributed by atoms with E-state index < -0.39 is 84.8 Å². The van der Waals surface area contributed by atoms with Crippen LogP contribution in [0.15, 0.2) is 0 Å². The average molecular weight is 1580 g/mol. The monoisotopic (exact) mass is 1580 g/mol. The van der Waals surface area contributed by atoms with Gasteiger partial charge in [0.2, 0.25) is 11.8 Å². The third-order valence-corrected chi connectivity index (χ3v) is 21.3. The number of esters is 2. The van der Waals surface area contributed by atoms with Crippen LogP contribution in [0.2, 0.25) is 0 Å². The van der Waals surface area contributed by atoms with Gasteiger partial charge in [-0.25, -0.2) is 4.79 Å². The van der Waals surface area contributed by atoms with Crippen molar-refractivity contribution in [2.24, 2.45) is 0 Å². The number of amides is 4. The topological polar surface area (TPSA) is 322 Å². The summed E-state index contributed by atoms with van der Waals surface area (Å²) in [7, 11) is -10.1. The fraction of sp³-hybridized carbons (Fsp3) is 0.916. The van der Waals surface area contributed by atoms with E-state index in [0.29, 0.717) is 51.4 Å². The van der Waals surface area contributed by atoms with E-state index in [9.17, 15) is 52.5 Å². The molecule has 636 valence electrons. The van der Waals surface area contributed by atoms with Gasteiger partial charge in [0.05, 0.1) is 77.8 Å². The van der Waals surface area contributed by atoms with Gasteiger partial charge in [0.1, 0.15) is 23.8 Å². The lowest BCUT2D eigenvalue weighted by Crippen LogP contribution is -2.42. The van der Waals surface area contributed by atoms with Crippen molar-refractivity contribution in [3.63, 3.8) is 0 Å². The van der Waals surface area contributed by atoms with Crippen molar-refractivity contribution < 1.29 is 89.5 Å². The van der Waals surface area contributed by atoms with Crippen LogP contribution >= 0.6 is 15.6 Å². The number of Topliss-reactive ketones (excluding diaryl/α,β-unsaturated/α-hetero) is 2. The van der Waals surface area contributed by atoms with Crippen LogP contribution in [-0.2, 0) is 74.9 Å². The van der Waals surface area contributed by atoms with E-state index in [2.05, 4.69) is 62.8 Å². The normalized spacial score (nSPS) is 13.8. The largest absolute Gasteiger partial charge is 0.756 e. The lowest BCUT2D eigenvalue weighted by atomic mass is 10.0. The lowest BCUT2D eigenvalue weighted by Gasteiger charge is -2.26. The van der Waals surface area contributed by atoms with E-state index in [4.69, 9.17) is 37.0 Å². The van der Waals surface area contributed by atoms with Crippen LogP contribution in [-0.4, -0.2) is 132 Å². The number of nitrogens with one attached hydrogen (secondary N) is 4. The maximum atomic E-state index is 13.3. The standard InChI is InChI=1S/C83H160N4O19P2/c1-7-13-19-25-29-33-37-43-47-53-75(88)67-79(90)86-73(69-99-63-59-77(55-49-41-23-17-11-5)105-81(92)57-51-45-39-35-31-27-21-15-9-3)71-103-107(95,96)101-65-61-84-83(94)85-62-66-102-108(97,98)104-72-74(87-80(91)68-76(89)54-48-44-38-34-30-26-20-14-8-2)70-100-64-60-78(56-50-42-24-18-12-6)106-82(93)58-52-46-40-36-32-28-22-16-10-4/h73-74,77-78H,7-72H2,1-6H3,(H,86,90)(H,87,91)(H,95,96)(H,97,98)(H2,84,85,94)/p-2/t73-,74-,77+,78+/m1/s1. The third-order valence-electron chi connectivity index (χ3n) is 19.3. The Morgan fingerprint density at radius 2 is 0.565 bits per heavy atom. The fourth-order valence-electron chi connectivity index (χ4n) is 12.8. The molecular weight excluding hydrogens is 1420 g/mol. The molecule has 108 heavy (non-hydrogen) atoms. The summed E-state index contributed by atoms with van der Waals surface area (Å²) in [5, 5.41) is 10.2. The predicted molar refractivity (Wildman–Crippen MR) is 428 cm³/mol. The third kappa shape index (κ3) is 72.8. The van der Waals surface area contributed by atoms with Gasteiger partial charge in [-0.1, -0.05) is 298 Å². The van der Waals surface area contributed by atoms with Crippen molar-refractivity contribution in [3.8, 4) is 0 Å². The minimum absolute atomic E-state index is 0.134. The second-order valence-corrected chi connectivity index (χ2v) is 32.8. The molecule has 0 aliphatic heterocycles. The van der Waals surface area contributed by atoms with Crippen molar-refractivity contribution in [1.82, 2.24) is 21.3 Å². The molecule has 4 amide bonds. The molecule has 4 N–H and O–H groups in total. The van der Waals surface area contributed by atoms with E-state index in [0.717, 1.165) is 167 Å². The van der Waals surface area contributed by atoms with Gasteiger partial charge in [0.15, 0.2) is 0 Å². The Labute approximate surface area is 656 Å². The first-order valence-corrected chi connectivity index (χ1v) is 46.6. The number of hydrogen-bond acceptors (Lipinski definition) is 19. The van der Waals surface area contributed by atoms with Crippen molar-refractivity contribution in [3.05, 3.63) is 0 Å². The number of rotatable bonds is 84. The molecule has 23 nitrogen and oxygen atoms in total. The first kappa shape index (κ1) is 105. The van der Waals surface area contributed by atoms with Crippen molar-refractivity contribution >= 4 is 57.0 Å². The number of unbranched alkanes of at least 4 members (excludes halogenated alkanes) is 40. The van der Waals surface area contributed by atoms with E-state index in [1.54, 1.807) is 0 Å². The lowest BCUT2D eigenvalue weighted by molar-refractivity contribution is -0.227. The fourth-order valence-corrected chi connectivity index (χ4v) is 14.3. The van der Waals surface area contributed by atoms with Crippen LogP contribution in [0, 0.1) is 0 Å². The van der Waals surface area contributed by atoms with Crippen LogP contribution in [0.3, 0.4) is 0 Å². The minimum Gasteiger partial charge on any atom is -0.756 e. The van der Waals surface area contributed by atoms with Crippen molar-refractivity contribution in [2.75, 3.05) is 65.9 Å². The summed E-state index contributed by atoms with van der Waals surface area (Å²) in [5.41, 5.74) is 0. The molecule has 0 spiro atoms. The van der Waals surface area contributed by atoms with Crippen LogP contribution < -0.4 is 31.1 Å². The van der Waals surface area contributed by atoms with Gasteiger partial charge in [0.25, 0.3) is 15.6 Å². The maximum Gasteiger partial charge on any atom is 0.314 e. The molecule has 0 fully saturated rings. The summed E-state index contributed by atoms with van der Waals surface area (Å²) in [6, 6.07) is -2.86. The Kier molecular flexibility index (Phi) is 73.9. The van der Waals surface area contributed by atoms with Gasteiger partial charge in [-0.05, 0) is 51.4 Å². The molecule has 0 aromatic heterocycles. The Balaban J connectivity index is 5.68. The van der Waals surface area contributed by atoms with Gasteiger partial charge in [0, 0.05) is 51.6 Å². The first-order valence-electron chi connectivity index (χ1n) is 43.7. The zero-order chi connectivity index (χ0) is 79.5. The predicted octanol–water partition coefficient (Wildman–Crippen LogP) is 19.2. The van der Waals surface area contributed by atoms with Crippen molar-refractivity contribution in [2.45, 2.75) is 425 Å². The zero-order valence-corrected chi connectivity index (χ0v) is 70.9. The second kappa shape index (κ2) is 76.3. The highest BCUT2D eigenvalue weighted by Crippen LogP contribution is 2.39. The molecule has 25 heteroatoms. The summed E-state index contributed by atoms with van der Waals surface area (Å²) in [4.78, 5) is 117. The molecule has 0 rings (SSSR count). The SMILES string of the molecule is CCCCCCCCCCCC(=O)CC(=O)N[C@H](COCC[C@H](CCCCCCC)OC(=O)CCCCCCCCCCC)COP(=O)([O-])OCCNC(=O)NCCOP(=O)([O-])OC[C@@H](COCC[C@H](CCCCCCC)OC(=O)CCCCCCCCCCC)NC(=O)CC(=O)CCCCCCCCCCC. The molecule has 0 heterocycles. The van der Waals surface area contributed by atoms with Crippen LogP contribution in [0.25, 0.3) is 0 Å². The Morgan fingerprint density at radius 3 is 0.852 bits per heavy atom. The minimum atomic E-state index is -5.06. The molecule has 0 saturated heterocycles. The molecule has 2 unspecified atom stereocenters. The van der Waals surface area contributed by atoms with Crippen LogP contribution in [0.5, 0.6) is 0 Å².